The first kappa shape index (κ1) is 40.7. The number of methoxy groups -OCH3 is 1. The average molecular weight is 754 g/mol. The number of rotatable bonds is 17. The van der Waals surface area contributed by atoms with E-state index in [1.165, 1.54) is 14.2 Å². The molecule has 0 fully saturated rings. The van der Waals surface area contributed by atoms with Gasteiger partial charge in [-0.2, -0.15) is 0 Å². The minimum atomic E-state index is -1.04. The number of carbonyl (C=O) groups is 3. The van der Waals surface area contributed by atoms with Crippen LogP contribution in [0.2, 0.25) is 0 Å². The van der Waals surface area contributed by atoms with Crippen LogP contribution in [-0.2, 0) is 47.0 Å². The number of hydrogen-bond donors (Lipinski definition) is 3. The van der Waals surface area contributed by atoms with Gasteiger partial charge in [0.05, 0.1) is 7.11 Å². The molecule has 0 aliphatic rings. The number of ether oxygens (including phenoxy) is 5. The van der Waals surface area contributed by atoms with Gasteiger partial charge >= 0.3 is 12.1 Å². The monoisotopic (exact) mass is 753 g/mol. The number of esters is 1. The van der Waals surface area contributed by atoms with Gasteiger partial charge in [0.25, 0.3) is 5.91 Å². The zero-order valence-corrected chi connectivity index (χ0v) is 30.9. The smallest absolute Gasteiger partial charge is 0.412 e. The zero-order chi connectivity index (χ0) is 37.4. The van der Waals surface area contributed by atoms with Crippen LogP contribution in [-0.4, -0.2) is 44.2 Å². The molecule has 0 bridgehead atoms. The molecule has 0 unspecified atom stereocenters. The number of amides is 2. The fourth-order valence-electron chi connectivity index (χ4n) is 5.38. The first-order valence-corrected chi connectivity index (χ1v) is 17.2. The van der Waals surface area contributed by atoms with E-state index < -0.39 is 30.1 Å². The Hall–Kier alpha value is -6.04. The number of nitrogens with one attached hydrogen (secondary N) is 2. The van der Waals surface area contributed by atoms with Crippen molar-refractivity contribution in [3.8, 4) is 23.0 Å². The molecule has 2 atom stereocenters. The molecular formula is C42H44ClN3O8. The van der Waals surface area contributed by atoms with Crippen LogP contribution in [0.1, 0.15) is 27.8 Å². The number of quaternary nitrogens is 1. The highest BCUT2D eigenvalue weighted by Crippen LogP contribution is 2.32. The lowest BCUT2D eigenvalue weighted by atomic mass is 10.0. The maximum Gasteiger partial charge on any atom is 0.412 e. The van der Waals surface area contributed by atoms with E-state index >= 15 is 0 Å². The molecule has 0 radical (unpaired) electrons. The van der Waals surface area contributed by atoms with E-state index in [4.69, 9.17) is 23.7 Å². The molecule has 5 rings (SSSR count). The van der Waals surface area contributed by atoms with Crippen molar-refractivity contribution in [1.29, 1.82) is 0 Å². The molecule has 0 heterocycles. The van der Waals surface area contributed by atoms with E-state index in [1.54, 1.807) is 18.2 Å². The maximum absolute atomic E-state index is 13.5. The summed E-state index contributed by atoms with van der Waals surface area (Å²) in [6, 6.07) is 37.9. The molecule has 5 N–H and O–H groups in total. The van der Waals surface area contributed by atoms with Crippen molar-refractivity contribution in [2.75, 3.05) is 14.2 Å². The van der Waals surface area contributed by atoms with Crippen molar-refractivity contribution in [1.82, 2.24) is 10.6 Å². The number of carbonyl (C=O) groups excluding carboxylic acids is 3. The lowest BCUT2D eigenvalue weighted by molar-refractivity contribution is -0.403. The van der Waals surface area contributed by atoms with Gasteiger partial charge in [0.2, 0.25) is 0 Å². The second-order valence-corrected chi connectivity index (χ2v) is 12.2. The summed E-state index contributed by atoms with van der Waals surface area (Å²) in [5.74, 6) is 0.515. The highest BCUT2D eigenvalue weighted by molar-refractivity contribution is 5.87. The summed E-state index contributed by atoms with van der Waals surface area (Å²) in [4.78, 5) is 38.5. The Labute approximate surface area is 321 Å². The molecule has 0 aromatic heterocycles. The third-order valence-corrected chi connectivity index (χ3v) is 8.23. The van der Waals surface area contributed by atoms with Gasteiger partial charge in [-0.25, -0.2) is 9.59 Å². The molecule has 2 amide bonds. The highest BCUT2D eigenvalue weighted by atomic mass is 35.5. The number of hydrogen-bond acceptors (Lipinski definition) is 8. The Morgan fingerprint density at radius 1 is 0.593 bits per heavy atom. The molecule has 0 spiro atoms. The van der Waals surface area contributed by atoms with Crippen molar-refractivity contribution in [2.45, 2.75) is 44.7 Å². The third-order valence-electron chi connectivity index (χ3n) is 8.23. The Kier molecular flexibility index (Phi) is 15.7. The molecule has 282 valence electrons. The molecule has 0 aliphatic carbocycles. The van der Waals surface area contributed by atoms with E-state index in [0.717, 1.165) is 22.3 Å². The van der Waals surface area contributed by atoms with Crippen LogP contribution in [0.5, 0.6) is 23.0 Å². The first-order chi connectivity index (χ1) is 25.8. The quantitative estimate of drug-likeness (QED) is 0.123. The van der Waals surface area contributed by atoms with Gasteiger partial charge in [-0.3, -0.25) is 4.79 Å². The summed E-state index contributed by atoms with van der Waals surface area (Å²) < 4.78 is 28.8. The second kappa shape index (κ2) is 20.9. The molecule has 0 saturated heterocycles. The Morgan fingerprint density at radius 2 is 1.04 bits per heavy atom. The van der Waals surface area contributed by atoms with Gasteiger partial charge in [0, 0.05) is 19.9 Å². The van der Waals surface area contributed by atoms with Gasteiger partial charge in [0.1, 0.15) is 25.9 Å². The summed E-state index contributed by atoms with van der Waals surface area (Å²) in [5.41, 5.74) is 8.44. The van der Waals surface area contributed by atoms with E-state index in [-0.39, 0.29) is 37.6 Å². The fourth-order valence-corrected chi connectivity index (χ4v) is 5.38. The van der Waals surface area contributed by atoms with Crippen molar-refractivity contribution >= 4 is 18.0 Å². The lowest BCUT2D eigenvalue weighted by Gasteiger charge is -2.19. The molecule has 54 heavy (non-hydrogen) atoms. The van der Waals surface area contributed by atoms with Crippen LogP contribution < -0.4 is 47.7 Å². The minimum Gasteiger partial charge on any atom is -1.00 e. The van der Waals surface area contributed by atoms with Crippen LogP contribution in [0.15, 0.2) is 127 Å². The lowest BCUT2D eigenvalue weighted by Crippen LogP contribution is -3.00. The molecule has 5 aromatic carbocycles. The number of halogens is 1. The van der Waals surface area contributed by atoms with Crippen LogP contribution in [0.4, 0.5) is 4.79 Å². The predicted octanol–water partition coefficient (Wildman–Crippen LogP) is 2.20. The Morgan fingerprint density at radius 3 is 1.52 bits per heavy atom. The average Bonchev–Trinajstić information content (AvgIpc) is 3.19. The van der Waals surface area contributed by atoms with Crippen molar-refractivity contribution in [3.63, 3.8) is 0 Å². The van der Waals surface area contributed by atoms with Crippen molar-refractivity contribution < 1.29 is 56.2 Å². The highest BCUT2D eigenvalue weighted by Gasteiger charge is 2.28. The Bertz CT molecular complexity index is 1950. The van der Waals surface area contributed by atoms with Gasteiger partial charge in [-0.05, 0) is 52.1 Å². The summed E-state index contributed by atoms with van der Waals surface area (Å²) in [6.07, 6.45) is -0.370. The molecule has 5 aromatic rings. The minimum absolute atomic E-state index is 0. The predicted molar refractivity (Wildman–Crippen MR) is 198 cm³/mol. The summed E-state index contributed by atoms with van der Waals surface area (Å²) in [6.45, 7) is 0.942. The molecular weight excluding hydrogens is 710 g/mol. The van der Waals surface area contributed by atoms with E-state index in [0.29, 0.717) is 36.0 Å². The van der Waals surface area contributed by atoms with Gasteiger partial charge < -0.3 is 52.5 Å². The van der Waals surface area contributed by atoms with Crippen LogP contribution in [0.25, 0.3) is 0 Å². The largest absolute Gasteiger partial charge is 1.00 e. The summed E-state index contributed by atoms with van der Waals surface area (Å²) >= 11 is 0. The normalized spacial score (nSPS) is 11.5. The van der Waals surface area contributed by atoms with E-state index in [2.05, 4.69) is 16.4 Å². The summed E-state index contributed by atoms with van der Waals surface area (Å²) in [5, 5.41) is 5.22. The number of benzene rings is 5. The topological polar surface area (TPSA) is 149 Å². The molecule has 0 aliphatic heterocycles. The van der Waals surface area contributed by atoms with Gasteiger partial charge in [-0.15, -0.1) is 0 Å². The molecule has 12 heteroatoms. The van der Waals surface area contributed by atoms with E-state index in [1.807, 2.05) is 109 Å². The maximum atomic E-state index is 13.5. The second-order valence-electron chi connectivity index (χ2n) is 12.2. The van der Waals surface area contributed by atoms with Crippen LogP contribution in [0.3, 0.4) is 0 Å². The SMILES string of the molecule is CNC(=O)Oc1cc(C[C@H](NC(=O)[C@@H]([NH3+])Cc2ccc(OCc3ccccc3)c(OCc3ccccc3)c2)C(=O)OC)ccc1OCc1ccccc1.[Cl-]. The molecule has 0 saturated carbocycles. The molecule has 11 nitrogen and oxygen atoms in total. The Balaban J connectivity index is 0.00000650. The van der Waals surface area contributed by atoms with E-state index in [9.17, 15) is 14.4 Å². The van der Waals surface area contributed by atoms with Crippen molar-refractivity contribution in [3.05, 3.63) is 155 Å². The van der Waals surface area contributed by atoms with Gasteiger partial charge in [0.15, 0.2) is 29.0 Å². The summed E-state index contributed by atoms with van der Waals surface area (Å²) in [7, 11) is 2.70. The van der Waals surface area contributed by atoms with Crippen LogP contribution >= 0.6 is 0 Å². The van der Waals surface area contributed by atoms with Crippen LogP contribution in [0, 0.1) is 0 Å². The fraction of sp³-hybridized carbons (Fsp3) is 0.214. The standard InChI is InChI=1S/C42H43N3O8.ClH/c1-44-42(48)53-39-25-33(19-21-37(39)51-27-30-14-8-4-9-15-30)23-35(41(47)49-2)45-40(46)34(43)22-32-18-20-36(50-26-29-12-6-3-7-13-29)38(24-32)52-28-31-16-10-5-11-17-31;/h3-21,24-25,34-35H,22-23,26-28,43H2,1-2H3,(H,44,48)(H,45,46);1H/t34-,35-;/m0./s1. The third kappa shape index (κ3) is 12.3. The van der Waals surface area contributed by atoms with Gasteiger partial charge in [-0.1, -0.05) is 103 Å². The zero-order valence-electron chi connectivity index (χ0n) is 30.2. The first-order valence-electron chi connectivity index (χ1n) is 17.2. The van der Waals surface area contributed by atoms with Crippen molar-refractivity contribution in [2.24, 2.45) is 0 Å².